The van der Waals surface area contributed by atoms with Crippen molar-refractivity contribution in [2.75, 3.05) is 13.1 Å². The second-order valence-electron chi connectivity index (χ2n) is 6.09. The number of aromatic nitrogens is 1. The highest BCUT2D eigenvalue weighted by molar-refractivity contribution is 7.89. The summed E-state index contributed by atoms with van der Waals surface area (Å²) in [5.74, 6) is -0.432. The minimum Gasteiger partial charge on any atom is -0.352 e. The van der Waals surface area contributed by atoms with Crippen LogP contribution in [0.2, 0.25) is 0 Å². The number of hydrogen-bond acceptors (Lipinski definition) is 4. The lowest BCUT2D eigenvalue weighted by Crippen LogP contribution is -2.45. The SMILES string of the molecule is O=C(NCc1ccncc1)C1CCCN(S(=O)(=O)c2ccccc2)C1. The van der Waals surface area contributed by atoms with E-state index in [1.54, 1.807) is 42.7 Å². The first-order valence-corrected chi connectivity index (χ1v) is 9.73. The van der Waals surface area contributed by atoms with Crippen LogP contribution in [0, 0.1) is 5.92 Å². The maximum Gasteiger partial charge on any atom is 0.243 e. The lowest BCUT2D eigenvalue weighted by atomic mass is 9.99. The van der Waals surface area contributed by atoms with E-state index < -0.39 is 10.0 Å². The number of carbonyl (C=O) groups is 1. The zero-order valence-electron chi connectivity index (χ0n) is 13.8. The molecule has 0 saturated carbocycles. The van der Waals surface area contributed by atoms with Gasteiger partial charge in [0.1, 0.15) is 0 Å². The predicted octanol–water partition coefficient (Wildman–Crippen LogP) is 1.80. The van der Waals surface area contributed by atoms with Gasteiger partial charge in [0.2, 0.25) is 15.9 Å². The van der Waals surface area contributed by atoms with Crippen molar-refractivity contribution in [2.45, 2.75) is 24.3 Å². The number of hydrogen-bond donors (Lipinski definition) is 1. The highest BCUT2D eigenvalue weighted by atomic mass is 32.2. The number of pyridine rings is 1. The minimum absolute atomic E-state index is 0.107. The van der Waals surface area contributed by atoms with E-state index in [0.717, 1.165) is 5.56 Å². The van der Waals surface area contributed by atoms with E-state index >= 15 is 0 Å². The number of nitrogens with one attached hydrogen (secondary N) is 1. The second-order valence-corrected chi connectivity index (χ2v) is 8.03. The lowest BCUT2D eigenvalue weighted by molar-refractivity contribution is -0.126. The Kier molecular flexibility index (Phi) is 5.45. The van der Waals surface area contributed by atoms with Crippen LogP contribution in [-0.2, 0) is 21.4 Å². The van der Waals surface area contributed by atoms with Gasteiger partial charge in [-0.15, -0.1) is 0 Å². The minimum atomic E-state index is -3.55. The quantitative estimate of drug-likeness (QED) is 0.883. The normalized spacial score (nSPS) is 18.6. The van der Waals surface area contributed by atoms with Gasteiger partial charge >= 0.3 is 0 Å². The van der Waals surface area contributed by atoms with Crippen molar-refractivity contribution in [1.29, 1.82) is 0 Å². The second kappa shape index (κ2) is 7.76. The molecule has 1 fully saturated rings. The van der Waals surface area contributed by atoms with Gasteiger partial charge < -0.3 is 5.32 Å². The van der Waals surface area contributed by atoms with Crippen LogP contribution >= 0.6 is 0 Å². The van der Waals surface area contributed by atoms with Crippen molar-refractivity contribution in [3.8, 4) is 0 Å². The molecule has 3 rings (SSSR count). The van der Waals surface area contributed by atoms with Crippen molar-refractivity contribution in [3.05, 3.63) is 60.4 Å². The fraction of sp³-hybridized carbons (Fsp3) is 0.333. The van der Waals surface area contributed by atoms with Crippen molar-refractivity contribution >= 4 is 15.9 Å². The molecule has 1 amide bonds. The van der Waals surface area contributed by atoms with Gasteiger partial charge in [0.15, 0.2) is 0 Å². The van der Waals surface area contributed by atoms with Crippen molar-refractivity contribution in [3.63, 3.8) is 0 Å². The molecule has 2 heterocycles. The summed E-state index contributed by atoms with van der Waals surface area (Å²) in [6.45, 7) is 1.09. The third kappa shape index (κ3) is 4.24. The Balaban J connectivity index is 1.64. The average molecular weight is 359 g/mol. The van der Waals surface area contributed by atoms with Crippen molar-refractivity contribution < 1.29 is 13.2 Å². The summed E-state index contributed by atoms with van der Waals surface area (Å²) >= 11 is 0. The van der Waals surface area contributed by atoms with Gasteiger partial charge in [0.05, 0.1) is 10.8 Å². The molecule has 1 saturated heterocycles. The number of benzene rings is 1. The molecule has 2 aromatic rings. The van der Waals surface area contributed by atoms with Crippen LogP contribution < -0.4 is 5.32 Å². The Morgan fingerprint density at radius 2 is 1.88 bits per heavy atom. The molecule has 1 aliphatic rings. The van der Waals surface area contributed by atoms with Gasteiger partial charge in [-0.25, -0.2) is 8.42 Å². The molecular weight excluding hydrogens is 338 g/mol. The van der Waals surface area contributed by atoms with E-state index in [-0.39, 0.29) is 23.3 Å². The number of rotatable bonds is 5. The molecule has 132 valence electrons. The Bertz CT molecular complexity index is 810. The number of nitrogens with zero attached hydrogens (tertiary/aromatic N) is 2. The molecule has 7 heteroatoms. The summed E-state index contributed by atoms with van der Waals surface area (Å²) < 4.78 is 26.9. The van der Waals surface area contributed by atoms with Gasteiger partial charge in [-0.2, -0.15) is 4.31 Å². The Hall–Kier alpha value is -2.25. The van der Waals surface area contributed by atoms with Crippen LogP contribution in [0.1, 0.15) is 18.4 Å². The van der Waals surface area contributed by atoms with Crippen LogP contribution in [0.4, 0.5) is 0 Å². The number of amides is 1. The van der Waals surface area contributed by atoms with E-state index in [9.17, 15) is 13.2 Å². The molecule has 1 atom stereocenters. The molecule has 1 aliphatic heterocycles. The number of sulfonamides is 1. The van der Waals surface area contributed by atoms with Crippen molar-refractivity contribution in [1.82, 2.24) is 14.6 Å². The molecule has 6 nitrogen and oxygen atoms in total. The van der Waals surface area contributed by atoms with Crippen LogP contribution in [-0.4, -0.2) is 36.7 Å². The molecular formula is C18H21N3O3S. The van der Waals surface area contributed by atoms with Gasteiger partial charge in [-0.1, -0.05) is 18.2 Å². The molecule has 0 aliphatic carbocycles. The molecule has 1 aromatic heterocycles. The molecule has 1 aromatic carbocycles. The molecule has 0 radical (unpaired) electrons. The summed E-state index contributed by atoms with van der Waals surface area (Å²) in [6.07, 6.45) is 4.73. The summed E-state index contributed by atoms with van der Waals surface area (Å²) in [5, 5.41) is 2.89. The first kappa shape index (κ1) is 17.6. The summed E-state index contributed by atoms with van der Waals surface area (Å²) in [4.78, 5) is 16.6. The van der Waals surface area contributed by atoms with Crippen LogP contribution in [0.15, 0.2) is 59.8 Å². The molecule has 1 unspecified atom stereocenters. The molecule has 1 N–H and O–H groups in total. The predicted molar refractivity (Wildman–Crippen MR) is 94.0 cm³/mol. The topological polar surface area (TPSA) is 79.4 Å². The summed E-state index contributed by atoms with van der Waals surface area (Å²) in [5.41, 5.74) is 0.966. The molecule has 0 spiro atoms. The lowest BCUT2D eigenvalue weighted by Gasteiger charge is -2.31. The van der Waals surface area contributed by atoms with Crippen molar-refractivity contribution in [2.24, 2.45) is 5.92 Å². The molecule has 25 heavy (non-hydrogen) atoms. The summed E-state index contributed by atoms with van der Waals surface area (Å²) in [7, 11) is -3.55. The van der Waals surface area contributed by atoms with Crippen LogP contribution in [0.25, 0.3) is 0 Å². The van der Waals surface area contributed by atoms with E-state index in [2.05, 4.69) is 10.3 Å². The smallest absolute Gasteiger partial charge is 0.243 e. The largest absolute Gasteiger partial charge is 0.352 e. The fourth-order valence-electron chi connectivity index (χ4n) is 2.95. The monoisotopic (exact) mass is 359 g/mol. The van der Waals surface area contributed by atoms with Gasteiger partial charge in [0, 0.05) is 32.0 Å². The third-order valence-corrected chi connectivity index (χ3v) is 6.23. The van der Waals surface area contributed by atoms with Crippen LogP contribution in [0.5, 0.6) is 0 Å². The Morgan fingerprint density at radius 1 is 1.16 bits per heavy atom. The van der Waals surface area contributed by atoms with E-state index in [4.69, 9.17) is 0 Å². The highest BCUT2D eigenvalue weighted by Crippen LogP contribution is 2.23. The summed E-state index contributed by atoms with van der Waals surface area (Å²) in [6, 6.07) is 12.0. The van der Waals surface area contributed by atoms with E-state index in [1.807, 2.05) is 12.1 Å². The molecule has 0 bridgehead atoms. The van der Waals surface area contributed by atoms with E-state index in [1.165, 1.54) is 4.31 Å². The zero-order chi connectivity index (χ0) is 17.7. The first-order chi connectivity index (χ1) is 12.1. The third-order valence-electron chi connectivity index (χ3n) is 4.35. The van der Waals surface area contributed by atoms with Crippen LogP contribution in [0.3, 0.4) is 0 Å². The maximum atomic E-state index is 12.7. The van der Waals surface area contributed by atoms with Gasteiger partial charge in [-0.3, -0.25) is 9.78 Å². The van der Waals surface area contributed by atoms with Gasteiger partial charge in [0.25, 0.3) is 0 Å². The van der Waals surface area contributed by atoms with Gasteiger partial charge in [-0.05, 0) is 42.7 Å². The first-order valence-electron chi connectivity index (χ1n) is 8.29. The standard InChI is InChI=1S/C18H21N3O3S/c22-18(20-13-15-8-10-19-11-9-15)16-5-4-12-21(14-16)25(23,24)17-6-2-1-3-7-17/h1-3,6-11,16H,4-5,12-14H2,(H,20,22). The Labute approximate surface area is 147 Å². The maximum absolute atomic E-state index is 12.7. The Morgan fingerprint density at radius 3 is 2.60 bits per heavy atom. The number of carbonyl (C=O) groups excluding carboxylic acids is 1. The highest BCUT2D eigenvalue weighted by Gasteiger charge is 2.33. The van der Waals surface area contributed by atoms with E-state index in [0.29, 0.717) is 25.9 Å². The number of piperidine rings is 1. The fourth-order valence-corrected chi connectivity index (χ4v) is 4.50. The zero-order valence-corrected chi connectivity index (χ0v) is 14.7. The average Bonchev–Trinajstić information content (AvgIpc) is 2.67.